The lowest BCUT2D eigenvalue weighted by molar-refractivity contribution is -0.138. The third-order valence-corrected chi connectivity index (χ3v) is 9.96. The topological polar surface area (TPSA) is 83.7 Å². The Morgan fingerprint density at radius 2 is 1.70 bits per heavy atom. The Kier molecular flexibility index (Phi) is 8.46. The summed E-state index contributed by atoms with van der Waals surface area (Å²) >= 11 is 0. The fraction of sp³-hybridized carbons (Fsp3) is 0.400. The Labute approximate surface area is 233 Å². The molecule has 0 bridgehead atoms. The molecule has 10 heteroatoms. The van der Waals surface area contributed by atoms with Crippen molar-refractivity contribution in [2.45, 2.75) is 43.9 Å². The number of likely N-dealkylation sites (tertiary alicyclic amines) is 1. The number of benzene rings is 2. The molecule has 2 saturated heterocycles. The van der Waals surface area contributed by atoms with Gasteiger partial charge in [0.15, 0.2) is 10.7 Å². The second-order valence-electron chi connectivity index (χ2n) is 10.6. The molecule has 2 aliphatic heterocycles. The molecular weight excluding hydrogens is 536 g/mol. The standard InChI is InChI=1S/C30H33F2N3O4S/c1-21-29(28(39-33-21)10-8-24-7-9-26(31)20-27(24)32)40(37,38)35-17-13-25(14-18-35)30(36)34-15-11-23(12-16-34)19-22-5-3-2-4-6-22/h2-10,20,23,25H,11-19H2,1H3/b10-8+. The van der Waals surface area contributed by atoms with E-state index in [4.69, 9.17) is 4.52 Å². The summed E-state index contributed by atoms with van der Waals surface area (Å²) in [4.78, 5) is 15.1. The van der Waals surface area contributed by atoms with Crippen LogP contribution in [-0.4, -0.2) is 54.9 Å². The van der Waals surface area contributed by atoms with Gasteiger partial charge in [-0.3, -0.25) is 4.79 Å². The zero-order valence-corrected chi connectivity index (χ0v) is 23.2. The van der Waals surface area contributed by atoms with Crippen LogP contribution < -0.4 is 0 Å². The smallest absolute Gasteiger partial charge is 0.248 e. The summed E-state index contributed by atoms with van der Waals surface area (Å²) < 4.78 is 60.9. The molecule has 2 fully saturated rings. The van der Waals surface area contributed by atoms with Gasteiger partial charge in [0.05, 0.1) is 0 Å². The number of carbonyl (C=O) groups excluding carboxylic acids is 1. The Balaban J connectivity index is 1.18. The van der Waals surface area contributed by atoms with Gasteiger partial charge < -0.3 is 9.42 Å². The maximum atomic E-state index is 14.0. The Hall–Kier alpha value is -3.37. The van der Waals surface area contributed by atoms with E-state index in [1.807, 2.05) is 11.0 Å². The van der Waals surface area contributed by atoms with Gasteiger partial charge in [-0.05, 0) is 74.8 Å². The monoisotopic (exact) mass is 569 g/mol. The predicted octanol–water partition coefficient (Wildman–Crippen LogP) is 5.31. The van der Waals surface area contributed by atoms with Gasteiger partial charge in [-0.2, -0.15) is 4.31 Å². The lowest BCUT2D eigenvalue weighted by Crippen LogP contribution is -2.46. The summed E-state index contributed by atoms with van der Waals surface area (Å²) in [7, 11) is -3.97. The summed E-state index contributed by atoms with van der Waals surface area (Å²) in [5, 5.41) is 3.82. The Bertz CT molecular complexity index is 1470. The summed E-state index contributed by atoms with van der Waals surface area (Å²) in [6.07, 6.45) is 6.49. The quantitative estimate of drug-likeness (QED) is 0.385. The average Bonchev–Trinajstić information content (AvgIpc) is 3.34. The Morgan fingerprint density at radius 3 is 2.38 bits per heavy atom. The number of halogens is 2. The van der Waals surface area contributed by atoms with E-state index in [2.05, 4.69) is 29.4 Å². The number of hydrogen-bond donors (Lipinski definition) is 0. The second-order valence-corrected chi connectivity index (χ2v) is 12.5. The van der Waals surface area contributed by atoms with Crippen LogP contribution in [0.4, 0.5) is 8.78 Å². The fourth-order valence-electron chi connectivity index (χ4n) is 5.64. The van der Waals surface area contributed by atoms with Crippen molar-refractivity contribution in [3.63, 3.8) is 0 Å². The van der Waals surface area contributed by atoms with Crippen molar-refractivity contribution in [1.29, 1.82) is 0 Å². The largest absolute Gasteiger partial charge is 0.355 e. The first kappa shape index (κ1) is 28.2. The van der Waals surface area contributed by atoms with Crippen molar-refractivity contribution in [2.24, 2.45) is 11.8 Å². The minimum absolute atomic E-state index is 0.0298. The van der Waals surface area contributed by atoms with Crippen LogP contribution in [0.15, 0.2) is 57.9 Å². The van der Waals surface area contributed by atoms with Gasteiger partial charge >= 0.3 is 0 Å². The first-order chi connectivity index (χ1) is 19.2. The third kappa shape index (κ3) is 6.18. The number of nitrogens with zero attached hydrogens (tertiary/aromatic N) is 3. The molecule has 0 atom stereocenters. The van der Waals surface area contributed by atoms with E-state index in [0.717, 1.165) is 44.5 Å². The van der Waals surface area contributed by atoms with Gasteiger partial charge in [0.1, 0.15) is 17.3 Å². The molecule has 5 rings (SSSR count). The van der Waals surface area contributed by atoms with E-state index in [9.17, 15) is 22.0 Å². The van der Waals surface area contributed by atoms with E-state index in [1.54, 1.807) is 0 Å². The number of aryl methyl sites for hydroxylation is 1. The summed E-state index contributed by atoms with van der Waals surface area (Å²) in [5.41, 5.74) is 1.60. The molecule has 2 aliphatic rings. The summed E-state index contributed by atoms with van der Waals surface area (Å²) in [6, 6.07) is 13.5. The highest BCUT2D eigenvalue weighted by molar-refractivity contribution is 7.89. The van der Waals surface area contributed by atoms with E-state index in [0.29, 0.717) is 18.8 Å². The van der Waals surface area contributed by atoms with Crippen molar-refractivity contribution < 1.29 is 26.5 Å². The van der Waals surface area contributed by atoms with Crippen LogP contribution in [0.25, 0.3) is 12.2 Å². The molecule has 0 saturated carbocycles. The van der Waals surface area contributed by atoms with Gasteiger partial charge in [0.25, 0.3) is 0 Å². The number of rotatable bonds is 7. The molecule has 212 valence electrons. The number of hydrogen-bond acceptors (Lipinski definition) is 5. The highest BCUT2D eigenvalue weighted by Crippen LogP contribution is 2.31. The molecule has 0 unspecified atom stereocenters. The number of carbonyl (C=O) groups is 1. The minimum Gasteiger partial charge on any atom is -0.355 e. The molecule has 0 N–H and O–H groups in total. The molecule has 40 heavy (non-hydrogen) atoms. The first-order valence-corrected chi connectivity index (χ1v) is 15.1. The zero-order valence-electron chi connectivity index (χ0n) is 22.4. The van der Waals surface area contributed by atoms with Crippen molar-refractivity contribution in [3.05, 3.63) is 82.7 Å². The minimum atomic E-state index is -3.97. The molecule has 3 aromatic rings. The van der Waals surface area contributed by atoms with Crippen LogP contribution in [0.2, 0.25) is 0 Å². The van der Waals surface area contributed by atoms with Crippen LogP contribution in [0.1, 0.15) is 48.3 Å². The lowest BCUT2D eigenvalue weighted by atomic mass is 9.89. The molecular formula is C30H33F2N3O4S. The highest BCUT2D eigenvalue weighted by atomic mass is 32.2. The van der Waals surface area contributed by atoms with Gasteiger partial charge in [-0.1, -0.05) is 35.5 Å². The molecule has 1 amide bonds. The first-order valence-electron chi connectivity index (χ1n) is 13.6. The van der Waals surface area contributed by atoms with Crippen LogP contribution in [0, 0.1) is 30.4 Å². The summed E-state index contributed by atoms with van der Waals surface area (Å²) in [5.74, 6) is -1.04. The third-order valence-electron chi connectivity index (χ3n) is 7.90. The summed E-state index contributed by atoms with van der Waals surface area (Å²) in [6.45, 7) is 3.43. The van der Waals surface area contributed by atoms with Crippen molar-refractivity contribution in [2.75, 3.05) is 26.2 Å². The molecule has 2 aromatic carbocycles. The van der Waals surface area contributed by atoms with Crippen LogP contribution in [-0.2, 0) is 21.2 Å². The van der Waals surface area contributed by atoms with Crippen LogP contribution >= 0.6 is 0 Å². The number of amides is 1. The van der Waals surface area contributed by atoms with E-state index in [-0.39, 0.29) is 46.8 Å². The maximum Gasteiger partial charge on any atom is 0.248 e. The lowest BCUT2D eigenvalue weighted by Gasteiger charge is -2.37. The van der Waals surface area contributed by atoms with Crippen LogP contribution in [0.3, 0.4) is 0 Å². The van der Waals surface area contributed by atoms with Crippen molar-refractivity contribution in [3.8, 4) is 0 Å². The van der Waals surface area contributed by atoms with Crippen molar-refractivity contribution >= 4 is 28.1 Å². The average molecular weight is 570 g/mol. The SMILES string of the molecule is Cc1noc(/C=C/c2ccc(F)cc2F)c1S(=O)(=O)N1CCC(C(=O)N2CCC(Cc3ccccc3)CC2)CC1. The van der Waals surface area contributed by atoms with Gasteiger partial charge in [0.2, 0.25) is 15.9 Å². The molecule has 3 heterocycles. The van der Waals surface area contributed by atoms with E-state index < -0.39 is 21.7 Å². The van der Waals surface area contributed by atoms with E-state index in [1.165, 1.54) is 35.0 Å². The van der Waals surface area contributed by atoms with Gasteiger partial charge in [-0.25, -0.2) is 17.2 Å². The molecule has 1 aromatic heterocycles. The van der Waals surface area contributed by atoms with E-state index >= 15 is 0 Å². The highest BCUT2D eigenvalue weighted by Gasteiger charge is 2.37. The normalized spacial score (nSPS) is 18.0. The fourth-order valence-corrected chi connectivity index (χ4v) is 7.36. The second kappa shape index (κ2) is 12.0. The number of piperidine rings is 2. The Morgan fingerprint density at radius 1 is 1.00 bits per heavy atom. The molecule has 0 radical (unpaired) electrons. The van der Waals surface area contributed by atoms with Crippen molar-refractivity contribution in [1.82, 2.24) is 14.4 Å². The molecule has 7 nitrogen and oxygen atoms in total. The van der Waals surface area contributed by atoms with Crippen LogP contribution in [0.5, 0.6) is 0 Å². The number of sulfonamides is 1. The molecule has 0 spiro atoms. The predicted molar refractivity (Wildman–Crippen MR) is 147 cm³/mol. The zero-order chi connectivity index (χ0) is 28.3. The number of aromatic nitrogens is 1. The maximum absolute atomic E-state index is 14.0. The van der Waals surface area contributed by atoms with Gasteiger partial charge in [0, 0.05) is 43.7 Å². The van der Waals surface area contributed by atoms with Gasteiger partial charge in [-0.15, -0.1) is 0 Å². The molecule has 0 aliphatic carbocycles.